The second kappa shape index (κ2) is 5.60. The molecule has 0 bridgehead atoms. The van der Waals surface area contributed by atoms with Crippen molar-refractivity contribution in [2.45, 2.75) is 10.6 Å². The topological polar surface area (TPSA) is 60.2 Å². The predicted molar refractivity (Wildman–Crippen MR) is 78.2 cm³/mol. The molecule has 0 radical (unpaired) electrons. The third-order valence-electron chi connectivity index (χ3n) is 2.59. The van der Waals surface area contributed by atoms with E-state index in [9.17, 15) is 12.8 Å². The molecule has 0 amide bonds. The van der Waals surface area contributed by atoms with Crippen molar-refractivity contribution in [3.05, 3.63) is 57.8 Å². The molecule has 2 rings (SSSR count). The van der Waals surface area contributed by atoms with E-state index in [-0.39, 0.29) is 21.4 Å². The van der Waals surface area contributed by atoms with Gasteiger partial charge in [0.05, 0.1) is 20.7 Å². The summed E-state index contributed by atoms with van der Waals surface area (Å²) in [5.74, 6) is -1.01. The molecule has 0 aliphatic heterocycles. The SMILES string of the molecule is Nc1cc(F)cc(S(=O)(=O)Cc2ccc(Cl)c(Cl)c2)c1. The fourth-order valence-electron chi connectivity index (χ4n) is 1.70. The number of halogens is 3. The minimum atomic E-state index is -3.71. The monoisotopic (exact) mass is 333 g/mol. The second-order valence-electron chi connectivity index (χ2n) is 4.23. The Bertz CT molecular complexity index is 743. The van der Waals surface area contributed by atoms with E-state index in [1.54, 1.807) is 6.07 Å². The van der Waals surface area contributed by atoms with Crippen LogP contribution in [0.15, 0.2) is 41.3 Å². The molecule has 106 valence electrons. The number of hydrogen-bond donors (Lipinski definition) is 1. The van der Waals surface area contributed by atoms with Crippen LogP contribution in [0.4, 0.5) is 10.1 Å². The van der Waals surface area contributed by atoms with Crippen LogP contribution in [-0.2, 0) is 15.6 Å². The molecule has 0 atom stereocenters. The highest BCUT2D eigenvalue weighted by atomic mass is 35.5. The van der Waals surface area contributed by atoms with E-state index in [1.807, 2.05) is 0 Å². The highest BCUT2D eigenvalue weighted by molar-refractivity contribution is 7.90. The standard InChI is InChI=1S/C13H10Cl2FNO2S/c14-12-2-1-8(3-13(12)15)7-20(18,19)11-5-9(16)4-10(17)6-11/h1-6H,7,17H2. The van der Waals surface area contributed by atoms with Crippen molar-refractivity contribution in [3.63, 3.8) is 0 Å². The van der Waals surface area contributed by atoms with E-state index >= 15 is 0 Å². The Hall–Kier alpha value is -1.30. The van der Waals surface area contributed by atoms with Crippen molar-refractivity contribution < 1.29 is 12.8 Å². The van der Waals surface area contributed by atoms with Gasteiger partial charge in [-0.3, -0.25) is 0 Å². The van der Waals surface area contributed by atoms with E-state index in [0.29, 0.717) is 10.6 Å². The molecule has 2 aromatic rings. The van der Waals surface area contributed by atoms with Crippen molar-refractivity contribution in [1.29, 1.82) is 0 Å². The Morgan fingerprint density at radius 3 is 2.35 bits per heavy atom. The molecular formula is C13H10Cl2FNO2S. The highest BCUT2D eigenvalue weighted by Crippen LogP contribution is 2.25. The quantitative estimate of drug-likeness (QED) is 0.871. The molecule has 20 heavy (non-hydrogen) atoms. The van der Waals surface area contributed by atoms with Crippen molar-refractivity contribution in [1.82, 2.24) is 0 Å². The Kier molecular flexibility index (Phi) is 4.22. The number of nitrogen functional groups attached to an aromatic ring is 1. The summed E-state index contributed by atoms with van der Waals surface area (Å²) in [6.45, 7) is 0. The normalized spacial score (nSPS) is 11.6. The third kappa shape index (κ3) is 3.42. The predicted octanol–water partition coefficient (Wildman–Crippen LogP) is 3.69. The molecule has 2 N–H and O–H groups in total. The van der Waals surface area contributed by atoms with Crippen molar-refractivity contribution in [2.75, 3.05) is 5.73 Å². The van der Waals surface area contributed by atoms with E-state index in [1.165, 1.54) is 18.2 Å². The van der Waals surface area contributed by atoms with Gasteiger partial charge < -0.3 is 5.73 Å². The van der Waals surface area contributed by atoms with Gasteiger partial charge in [0.25, 0.3) is 0 Å². The van der Waals surface area contributed by atoms with Gasteiger partial charge in [0.1, 0.15) is 5.82 Å². The van der Waals surface area contributed by atoms with Crippen molar-refractivity contribution in [2.24, 2.45) is 0 Å². The van der Waals surface area contributed by atoms with Crippen LogP contribution >= 0.6 is 23.2 Å². The first-order chi connectivity index (χ1) is 9.28. The maximum absolute atomic E-state index is 13.2. The lowest BCUT2D eigenvalue weighted by molar-refractivity contribution is 0.590. The van der Waals surface area contributed by atoms with Gasteiger partial charge in [-0.05, 0) is 35.9 Å². The first-order valence-corrected chi connectivity index (χ1v) is 7.91. The van der Waals surface area contributed by atoms with E-state index < -0.39 is 15.7 Å². The maximum atomic E-state index is 13.2. The average molecular weight is 334 g/mol. The Morgan fingerprint density at radius 1 is 1.05 bits per heavy atom. The van der Waals surface area contributed by atoms with Gasteiger partial charge in [-0.1, -0.05) is 29.3 Å². The Morgan fingerprint density at radius 2 is 1.75 bits per heavy atom. The summed E-state index contributed by atoms with van der Waals surface area (Å²) in [7, 11) is -3.71. The van der Waals surface area contributed by atoms with E-state index in [0.717, 1.165) is 12.1 Å². The van der Waals surface area contributed by atoms with E-state index in [4.69, 9.17) is 28.9 Å². The van der Waals surface area contributed by atoms with Gasteiger partial charge >= 0.3 is 0 Å². The highest BCUT2D eigenvalue weighted by Gasteiger charge is 2.17. The van der Waals surface area contributed by atoms with Crippen LogP contribution < -0.4 is 5.73 Å². The fourth-order valence-corrected chi connectivity index (χ4v) is 3.41. The van der Waals surface area contributed by atoms with Crippen LogP contribution in [0.5, 0.6) is 0 Å². The number of anilines is 1. The van der Waals surface area contributed by atoms with Crippen molar-refractivity contribution >= 4 is 38.7 Å². The summed E-state index contributed by atoms with van der Waals surface area (Å²) in [6, 6.07) is 7.73. The zero-order valence-electron chi connectivity index (χ0n) is 10.1. The van der Waals surface area contributed by atoms with Gasteiger partial charge in [-0.2, -0.15) is 0 Å². The second-order valence-corrected chi connectivity index (χ2v) is 7.03. The third-order valence-corrected chi connectivity index (χ3v) is 5.00. The molecule has 0 aliphatic rings. The molecule has 0 fully saturated rings. The minimum absolute atomic E-state index is 0.0534. The summed E-state index contributed by atoms with van der Waals surface area (Å²) in [4.78, 5) is -0.166. The lowest BCUT2D eigenvalue weighted by atomic mass is 10.2. The van der Waals surface area contributed by atoms with Crippen LogP contribution in [0.3, 0.4) is 0 Å². The first-order valence-electron chi connectivity index (χ1n) is 5.51. The number of sulfone groups is 1. The summed E-state index contributed by atoms with van der Waals surface area (Å²) in [5.41, 5.74) is 5.96. The minimum Gasteiger partial charge on any atom is -0.399 e. The van der Waals surface area contributed by atoms with Crippen LogP contribution in [0.2, 0.25) is 10.0 Å². The van der Waals surface area contributed by atoms with Crippen LogP contribution in [0.25, 0.3) is 0 Å². The molecule has 0 saturated heterocycles. The summed E-state index contributed by atoms with van der Waals surface area (Å²) in [5, 5.41) is 0.598. The summed E-state index contributed by atoms with van der Waals surface area (Å²) in [6.07, 6.45) is 0. The number of nitrogens with two attached hydrogens (primary N) is 1. The molecule has 0 aromatic heterocycles. The molecule has 0 aliphatic carbocycles. The summed E-state index contributed by atoms with van der Waals surface area (Å²) >= 11 is 11.6. The van der Waals surface area contributed by atoms with E-state index in [2.05, 4.69) is 0 Å². The molecule has 0 saturated carbocycles. The molecule has 2 aromatic carbocycles. The fraction of sp³-hybridized carbons (Fsp3) is 0.0769. The average Bonchev–Trinajstić information content (AvgIpc) is 2.32. The lowest BCUT2D eigenvalue weighted by Gasteiger charge is -2.07. The largest absolute Gasteiger partial charge is 0.399 e. The van der Waals surface area contributed by atoms with Gasteiger partial charge in [0.15, 0.2) is 9.84 Å². The van der Waals surface area contributed by atoms with Crippen LogP contribution in [0, 0.1) is 5.82 Å². The smallest absolute Gasteiger partial charge is 0.182 e. The van der Waals surface area contributed by atoms with Gasteiger partial charge in [0, 0.05) is 5.69 Å². The maximum Gasteiger partial charge on any atom is 0.182 e. The molecular weight excluding hydrogens is 324 g/mol. The zero-order chi connectivity index (χ0) is 14.9. The van der Waals surface area contributed by atoms with Crippen molar-refractivity contribution in [3.8, 4) is 0 Å². The number of rotatable bonds is 3. The van der Waals surface area contributed by atoms with Gasteiger partial charge in [0.2, 0.25) is 0 Å². The number of hydrogen-bond acceptors (Lipinski definition) is 3. The molecule has 7 heteroatoms. The Labute approximate surface area is 126 Å². The van der Waals surface area contributed by atoms with Gasteiger partial charge in [-0.15, -0.1) is 0 Å². The zero-order valence-corrected chi connectivity index (χ0v) is 12.4. The first kappa shape index (κ1) is 15.1. The summed E-state index contributed by atoms with van der Waals surface area (Å²) < 4.78 is 37.6. The number of benzene rings is 2. The van der Waals surface area contributed by atoms with Crippen LogP contribution in [-0.4, -0.2) is 8.42 Å². The Balaban J connectivity index is 2.37. The molecule has 3 nitrogen and oxygen atoms in total. The molecule has 0 spiro atoms. The van der Waals surface area contributed by atoms with Gasteiger partial charge in [-0.25, -0.2) is 12.8 Å². The molecule has 0 heterocycles. The lowest BCUT2D eigenvalue weighted by Crippen LogP contribution is -2.06. The molecule has 0 unspecified atom stereocenters. The van der Waals surface area contributed by atoms with Crippen LogP contribution in [0.1, 0.15) is 5.56 Å².